The second-order valence-corrected chi connectivity index (χ2v) is 3.87. The molecule has 0 spiro atoms. The summed E-state index contributed by atoms with van der Waals surface area (Å²) in [4.78, 5) is 4.33. The number of anilines is 1. The van der Waals surface area contributed by atoms with Gasteiger partial charge in [-0.3, -0.25) is 10.1 Å². The minimum atomic E-state index is 0.836. The molecule has 1 aromatic heterocycles. The average molecular weight is 215 g/mol. The first kappa shape index (κ1) is 9.21. The van der Waals surface area contributed by atoms with E-state index in [1.807, 2.05) is 12.3 Å². The van der Waals surface area contributed by atoms with Crippen LogP contribution in [0.1, 0.15) is 5.56 Å². The maximum atomic E-state index is 4.33. The third kappa shape index (κ3) is 1.41. The first-order valence-corrected chi connectivity index (χ1v) is 5.32. The molecular weight excluding hydrogens is 202 g/mol. The maximum Gasteiger partial charge on any atom is 0.195 e. The van der Waals surface area contributed by atoms with E-state index >= 15 is 0 Å². The van der Waals surface area contributed by atoms with Crippen LogP contribution in [0.3, 0.4) is 0 Å². The molecule has 82 valence electrons. The zero-order valence-electron chi connectivity index (χ0n) is 9.04. The summed E-state index contributed by atoms with van der Waals surface area (Å²) in [5.41, 5.74) is 3.29. The van der Waals surface area contributed by atoms with Crippen LogP contribution < -0.4 is 10.6 Å². The largest absolute Gasteiger partial charge is 0.354 e. The Morgan fingerprint density at radius 1 is 1.38 bits per heavy atom. The smallest absolute Gasteiger partial charge is 0.195 e. The van der Waals surface area contributed by atoms with Crippen LogP contribution >= 0.6 is 0 Å². The Bertz CT molecular complexity index is 555. The van der Waals surface area contributed by atoms with E-state index in [1.54, 1.807) is 0 Å². The highest BCUT2D eigenvalue weighted by Crippen LogP contribution is 2.25. The summed E-state index contributed by atoms with van der Waals surface area (Å²) in [6, 6.07) is 4.10. The number of rotatable bonds is 1. The van der Waals surface area contributed by atoms with Crippen LogP contribution in [-0.4, -0.2) is 29.2 Å². The lowest BCUT2D eigenvalue weighted by atomic mass is 10.1. The average Bonchev–Trinajstić information content (AvgIpc) is 2.92. The van der Waals surface area contributed by atoms with Gasteiger partial charge in [0.1, 0.15) is 0 Å². The fourth-order valence-corrected chi connectivity index (χ4v) is 1.89. The quantitative estimate of drug-likeness (QED) is 0.670. The third-order valence-corrected chi connectivity index (χ3v) is 2.75. The van der Waals surface area contributed by atoms with Gasteiger partial charge in [0.05, 0.1) is 23.9 Å². The highest BCUT2D eigenvalue weighted by molar-refractivity contribution is 6.03. The van der Waals surface area contributed by atoms with E-state index in [0.717, 1.165) is 35.6 Å². The molecule has 5 heteroatoms. The Balaban J connectivity index is 2.06. The van der Waals surface area contributed by atoms with E-state index in [9.17, 15) is 0 Å². The zero-order chi connectivity index (χ0) is 11.0. The summed E-state index contributed by atoms with van der Waals surface area (Å²) < 4.78 is 0. The molecule has 0 unspecified atom stereocenters. The molecule has 0 fully saturated rings. The fourth-order valence-electron chi connectivity index (χ4n) is 1.89. The van der Waals surface area contributed by atoms with Crippen molar-refractivity contribution in [3.05, 3.63) is 23.9 Å². The molecule has 0 aliphatic carbocycles. The predicted molar refractivity (Wildman–Crippen MR) is 64.8 cm³/mol. The fraction of sp³-hybridized carbons (Fsp3) is 0.273. The molecule has 1 aromatic carbocycles. The van der Waals surface area contributed by atoms with Gasteiger partial charge in [0.25, 0.3) is 0 Å². The molecule has 3 rings (SSSR count). The molecule has 3 N–H and O–H groups in total. The van der Waals surface area contributed by atoms with Crippen molar-refractivity contribution in [2.24, 2.45) is 4.99 Å². The molecule has 0 radical (unpaired) electrons. The Morgan fingerprint density at radius 2 is 2.31 bits per heavy atom. The molecule has 2 aromatic rings. The predicted octanol–water partition coefficient (Wildman–Crippen LogP) is 1.24. The van der Waals surface area contributed by atoms with Gasteiger partial charge in [-0.05, 0) is 18.6 Å². The Morgan fingerprint density at radius 3 is 3.12 bits per heavy atom. The zero-order valence-corrected chi connectivity index (χ0v) is 9.04. The van der Waals surface area contributed by atoms with Crippen molar-refractivity contribution >= 4 is 22.5 Å². The Hall–Kier alpha value is -2.04. The summed E-state index contributed by atoms with van der Waals surface area (Å²) >= 11 is 0. The van der Waals surface area contributed by atoms with Gasteiger partial charge in [-0.25, -0.2) is 0 Å². The number of aryl methyl sites for hydroxylation is 1. The summed E-state index contributed by atoms with van der Waals surface area (Å²) in [5.74, 6) is 0.844. The number of fused-ring (bicyclic) bond motifs is 1. The Labute approximate surface area is 93.0 Å². The second-order valence-electron chi connectivity index (χ2n) is 3.87. The second kappa shape index (κ2) is 3.52. The number of nitrogens with zero attached hydrogens (tertiary/aromatic N) is 2. The molecule has 0 atom stereocenters. The van der Waals surface area contributed by atoms with Gasteiger partial charge in [-0.1, -0.05) is 6.07 Å². The monoisotopic (exact) mass is 215 g/mol. The lowest BCUT2D eigenvalue weighted by Crippen LogP contribution is -2.26. The summed E-state index contributed by atoms with van der Waals surface area (Å²) in [5, 5.41) is 14.6. The minimum Gasteiger partial charge on any atom is -0.354 e. The Kier molecular flexibility index (Phi) is 2.02. The highest BCUT2D eigenvalue weighted by Gasteiger charge is 2.10. The van der Waals surface area contributed by atoms with Crippen LogP contribution in [0.4, 0.5) is 5.69 Å². The molecule has 1 aliphatic heterocycles. The molecule has 0 saturated heterocycles. The van der Waals surface area contributed by atoms with Gasteiger partial charge in [-0.2, -0.15) is 5.10 Å². The number of benzene rings is 1. The van der Waals surface area contributed by atoms with Crippen molar-refractivity contribution in [3.8, 4) is 0 Å². The molecular formula is C11H13N5. The number of H-pyrrole nitrogens is 1. The molecule has 0 bridgehead atoms. The van der Waals surface area contributed by atoms with Crippen LogP contribution in [0, 0.1) is 6.92 Å². The van der Waals surface area contributed by atoms with E-state index in [0.29, 0.717) is 0 Å². The topological polar surface area (TPSA) is 65.1 Å². The lowest BCUT2D eigenvalue weighted by Gasteiger charge is -2.10. The molecule has 1 aliphatic rings. The van der Waals surface area contributed by atoms with Crippen LogP contribution in [0.5, 0.6) is 0 Å². The van der Waals surface area contributed by atoms with Crippen molar-refractivity contribution < 1.29 is 0 Å². The molecule has 2 heterocycles. The minimum absolute atomic E-state index is 0.836. The van der Waals surface area contributed by atoms with Gasteiger partial charge in [-0.15, -0.1) is 0 Å². The van der Waals surface area contributed by atoms with Gasteiger partial charge in [0.15, 0.2) is 5.96 Å². The summed E-state index contributed by atoms with van der Waals surface area (Å²) in [7, 11) is 0. The van der Waals surface area contributed by atoms with Gasteiger partial charge < -0.3 is 10.6 Å². The van der Waals surface area contributed by atoms with Gasteiger partial charge >= 0.3 is 0 Å². The van der Waals surface area contributed by atoms with E-state index < -0.39 is 0 Å². The number of nitrogens with one attached hydrogen (secondary N) is 3. The normalized spacial score (nSPS) is 14.9. The van der Waals surface area contributed by atoms with Crippen molar-refractivity contribution in [1.82, 2.24) is 15.5 Å². The van der Waals surface area contributed by atoms with Crippen molar-refractivity contribution in [3.63, 3.8) is 0 Å². The van der Waals surface area contributed by atoms with Crippen LogP contribution in [0.2, 0.25) is 0 Å². The van der Waals surface area contributed by atoms with Crippen LogP contribution in [0.15, 0.2) is 23.3 Å². The first-order valence-electron chi connectivity index (χ1n) is 5.32. The van der Waals surface area contributed by atoms with Crippen molar-refractivity contribution in [2.45, 2.75) is 6.92 Å². The number of aromatic nitrogens is 2. The number of aliphatic imine (C=N–C) groups is 1. The molecule has 16 heavy (non-hydrogen) atoms. The van der Waals surface area contributed by atoms with E-state index in [4.69, 9.17) is 0 Å². The summed E-state index contributed by atoms with van der Waals surface area (Å²) in [6.45, 7) is 3.82. The molecule has 0 saturated carbocycles. The molecule has 0 amide bonds. The van der Waals surface area contributed by atoms with Gasteiger partial charge in [0, 0.05) is 11.9 Å². The molecule has 5 nitrogen and oxygen atoms in total. The van der Waals surface area contributed by atoms with Crippen molar-refractivity contribution in [1.29, 1.82) is 0 Å². The number of aromatic amines is 1. The van der Waals surface area contributed by atoms with Gasteiger partial charge in [0.2, 0.25) is 0 Å². The number of hydrogen-bond acceptors (Lipinski definition) is 4. The number of hydrogen-bond donors (Lipinski definition) is 3. The number of guanidine groups is 1. The van der Waals surface area contributed by atoms with Crippen molar-refractivity contribution in [2.75, 3.05) is 18.4 Å². The highest BCUT2D eigenvalue weighted by atomic mass is 15.2. The standard InChI is InChI=1S/C11H13N5/c1-7-2-3-9-8(6-14-16-9)10(7)15-11-12-4-5-13-11/h2-3,6H,4-5H2,1H3,(H,14,16)(H2,12,13,15). The lowest BCUT2D eigenvalue weighted by molar-refractivity contribution is 0.959. The SMILES string of the molecule is Cc1ccc2[nH]ncc2c1NC1=NCCN1. The van der Waals surface area contributed by atoms with Crippen LogP contribution in [0.25, 0.3) is 10.9 Å². The van der Waals surface area contributed by atoms with E-state index in [1.165, 1.54) is 5.56 Å². The van der Waals surface area contributed by atoms with E-state index in [-0.39, 0.29) is 0 Å². The van der Waals surface area contributed by atoms with Crippen LogP contribution in [-0.2, 0) is 0 Å². The third-order valence-electron chi connectivity index (χ3n) is 2.75. The summed E-state index contributed by atoms with van der Waals surface area (Å²) in [6.07, 6.45) is 1.83. The first-order chi connectivity index (χ1) is 7.84. The van der Waals surface area contributed by atoms with E-state index in [2.05, 4.69) is 38.8 Å². The maximum absolute atomic E-state index is 4.33.